The Balaban J connectivity index is 2.43. The van der Waals surface area contributed by atoms with Crippen molar-refractivity contribution in [3.05, 3.63) is 34.3 Å². The van der Waals surface area contributed by atoms with E-state index in [1.54, 1.807) is 0 Å². The van der Waals surface area contributed by atoms with Crippen molar-refractivity contribution in [2.45, 2.75) is 32.9 Å². The van der Waals surface area contributed by atoms with Gasteiger partial charge in [-0.25, -0.2) is 0 Å². The molecular formula is C13H18BrNO2. The highest BCUT2D eigenvalue weighted by molar-refractivity contribution is 9.10. The van der Waals surface area contributed by atoms with Crippen LogP contribution in [0.4, 0.5) is 0 Å². The van der Waals surface area contributed by atoms with Gasteiger partial charge in [-0.15, -0.1) is 0 Å². The Morgan fingerprint density at radius 1 is 1.47 bits per heavy atom. The van der Waals surface area contributed by atoms with Gasteiger partial charge in [0, 0.05) is 4.47 Å². The van der Waals surface area contributed by atoms with Gasteiger partial charge in [0.15, 0.2) is 0 Å². The lowest BCUT2D eigenvalue weighted by atomic mass is 10.1. The minimum atomic E-state index is -0.526. The van der Waals surface area contributed by atoms with Crippen LogP contribution in [0.3, 0.4) is 0 Å². The van der Waals surface area contributed by atoms with Crippen molar-refractivity contribution in [2.24, 2.45) is 11.7 Å². The molecule has 0 spiro atoms. The lowest BCUT2D eigenvalue weighted by Gasteiger charge is -2.13. The molecule has 0 saturated carbocycles. The molecule has 0 heterocycles. The smallest absolute Gasteiger partial charge is 0.323 e. The lowest BCUT2D eigenvalue weighted by Crippen LogP contribution is -2.33. The molecule has 0 aliphatic rings. The van der Waals surface area contributed by atoms with E-state index in [2.05, 4.69) is 15.9 Å². The second kappa shape index (κ2) is 6.77. The summed E-state index contributed by atoms with van der Waals surface area (Å²) in [6.45, 7) is 4.33. The van der Waals surface area contributed by atoms with Gasteiger partial charge >= 0.3 is 5.97 Å². The third kappa shape index (κ3) is 5.33. The summed E-state index contributed by atoms with van der Waals surface area (Å²) in [6, 6.07) is 7.13. The fourth-order valence-electron chi connectivity index (χ4n) is 1.49. The molecular weight excluding hydrogens is 282 g/mol. The molecule has 0 aliphatic heterocycles. The summed E-state index contributed by atoms with van der Waals surface area (Å²) in [5, 5.41) is 0. The molecule has 0 aromatic heterocycles. The van der Waals surface area contributed by atoms with E-state index < -0.39 is 6.04 Å². The van der Waals surface area contributed by atoms with E-state index in [-0.39, 0.29) is 12.6 Å². The Kier molecular flexibility index (Phi) is 5.65. The Bertz CT molecular complexity index is 379. The van der Waals surface area contributed by atoms with E-state index in [1.807, 2.05) is 38.1 Å². The monoisotopic (exact) mass is 299 g/mol. The number of rotatable bonds is 5. The first-order valence-electron chi connectivity index (χ1n) is 5.65. The molecule has 0 aliphatic carbocycles. The molecule has 1 atom stereocenters. The van der Waals surface area contributed by atoms with E-state index in [4.69, 9.17) is 10.5 Å². The number of esters is 1. The highest BCUT2D eigenvalue weighted by Crippen LogP contribution is 2.13. The maximum atomic E-state index is 11.6. The molecule has 4 heteroatoms. The quantitative estimate of drug-likeness (QED) is 0.851. The standard InChI is InChI=1S/C13H18BrNO2/c1-9(2)6-12(15)13(16)17-8-10-4-3-5-11(14)7-10/h3-5,7,9,12H,6,8,15H2,1-2H3/t12-/m1/s1. The number of benzene rings is 1. The molecule has 0 fully saturated rings. The van der Waals surface area contributed by atoms with Crippen LogP contribution in [-0.2, 0) is 16.1 Å². The number of hydrogen-bond acceptors (Lipinski definition) is 3. The average Bonchev–Trinajstić information content (AvgIpc) is 2.25. The zero-order chi connectivity index (χ0) is 12.8. The summed E-state index contributed by atoms with van der Waals surface area (Å²) in [4.78, 5) is 11.6. The summed E-state index contributed by atoms with van der Waals surface area (Å²) >= 11 is 3.37. The van der Waals surface area contributed by atoms with E-state index in [1.165, 1.54) is 0 Å². The predicted octanol–water partition coefficient (Wildman–Crippen LogP) is 2.87. The van der Waals surface area contributed by atoms with Crippen LogP contribution in [0.2, 0.25) is 0 Å². The second-order valence-electron chi connectivity index (χ2n) is 4.47. The average molecular weight is 300 g/mol. The maximum Gasteiger partial charge on any atom is 0.323 e. The van der Waals surface area contributed by atoms with Crippen LogP contribution in [0.5, 0.6) is 0 Å². The first-order chi connectivity index (χ1) is 7.99. The van der Waals surface area contributed by atoms with E-state index in [9.17, 15) is 4.79 Å². The molecule has 0 bridgehead atoms. The van der Waals surface area contributed by atoms with Gasteiger partial charge in [0.2, 0.25) is 0 Å². The summed E-state index contributed by atoms with van der Waals surface area (Å²) in [5.74, 6) is 0.0575. The number of hydrogen-bond donors (Lipinski definition) is 1. The third-order valence-electron chi connectivity index (χ3n) is 2.30. The lowest BCUT2D eigenvalue weighted by molar-refractivity contribution is -0.146. The number of ether oxygens (including phenoxy) is 1. The van der Waals surface area contributed by atoms with Crippen molar-refractivity contribution in [3.8, 4) is 0 Å². The largest absolute Gasteiger partial charge is 0.460 e. The number of carbonyl (C=O) groups is 1. The Morgan fingerprint density at radius 2 is 2.18 bits per heavy atom. The summed E-state index contributed by atoms with van der Waals surface area (Å²) < 4.78 is 6.13. The molecule has 0 unspecified atom stereocenters. The van der Waals surface area contributed by atoms with Gasteiger partial charge in [0.05, 0.1) is 0 Å². The van der Waals surface area contributed by atoms with E-state index in [0.717, 1.165) is 10.0 Å². The molecule has 1 aromatic rings. The fraction of sp³-hybridized carbons (Fsp3) is 0.462. The van der Waals surface area contributed by atoms with Gasteiger partial charge in [0.1, 0.15) is 12.6 Å². The minimum absolute atomic E-state index is 0.268. The molecule has 2 N–H and O–H groups in total. The minimum Gasteiger partial charge on any atom is -0.460 e. The zero-order valence-electron chi connectivity index (χ0n) is 10.2. The normalized spacial score (nSPS) is 12.5. The van der Waals surface area contributed by atoms with Crippen LogP contribution in [-0.4, -0.2) is 12.0 Å². The third-order valence-corrected chi connectivity index (χ3v) is 2.79. The molecule has 1 aromatic carbocycles. The van der Waals surface area contributed by atoms with Crippen molar-refractivity contribution in [3.63, 3.8) is 0 Å². The molecule has 1 rings (SSSR count). The van der Waals surface area contributed by atoms with Crippen LogP contribution < -0.4 is 5.73 Å². The predicted molar refractivity (Wildman–Crippen MR) is 71.4 cm³/mol. The SMILES string of the molecule is CC(C)C[C@@H](N)C(=O)OCc1cccc(Br)c1. The van der Waals surface area contributed by atoms with Gasteiger partial charge in [-0.1, -0.05) is 41.9 Å². The molecule has 0 saturated heterocycles. The second-order valence-corrected chi connectivity index (χ2v) is 5.39. The Hall–Kier alpha value is -0.870. The first-order valence-corrected chi connectivity index (χ1v) is 6.45. The van der Waals surface area contributed by atoms with E-state index >= 15 is 0 Å². The van der Waals surface area contributed by atoms with Crippen LogP contribution in [0, 0.1) is 5.92 Å². The highest BCUT2D eigenvalue weighted by Gasteiger charge is 2.16. The zero-order valence-corrected chi connectivity index (χ0v) is 11.7. The summed E-state index contributed by atoms with van der Waals surface area (Å²) in [7, 11) is 0. The molecule has 0 radical (unpaired) electrons. The van der Waals surface area contributed by atoms with Crippen molar-refractivity contribution < 1.29 is 9.53 Å². The molecule has 17 heavy (non-hydrogen) atoms. The van der Waals surface area contributed by atoms with Gasteiger partial charge in [0.25, 0.3) is 0 Å². The van der Waals surface area contributed by atoms with Gasteiger partial charge in [-0.2, -0.15) is 0 Å². The van der Waals surface area contributed by atoms with Crippen LogP contribution in [0.1, 0.15) is 25.8 Å². The van der Waals surface area contributed by atoms with Gasteiger partial charge in [-0.05, 0) is 30.0 Å². The van der Waals surface area contributed by atoms with Crippen molar-refractivity contribution in [1.82, 2.24) is 0 Å². The highest BCUT2D eigenvalue weighted by atomic mass is 79.9. The molecule has 3 nitrogen and oxygen atoms in total. The van der Waals surface area contributed by atoms with Crippen molar-refractivity contribution in [1.29, 1.82) is 0 Å². The Labute approximate surface area is 110 Å². The molecule has 0 amide bonds. The first kappa shape index (κ1) is 14.2. The maximum absolute atomic E-state index is 11.6. The number of halogens is 1. The van der Waals surface area contributed by atoms with E-state index in [0.29, 0.717) is 12.3 Å². The Morgan fingerprint density at radius 3 is 2.76 bits per heavy atom. The number of carbonyl (C=O) groups excluding carboxylic acids is 1. The fourth-order valence-corrected chi connectivity index (χ4v) is 1.94. The summed E-state index contributed by atoms with van der Waals surface area (Å²) in [6.07, 6.45) is 0.650. The topological polar surface area (TPSA) is 52.3 Å². The summed E-state index contributed by atoms with van der Waals surface area (Å²) in [5.41, 5.74) is 6.68. The van der Waals surface area contributed by atoms with Crippen LogP contribution in [0.25, 0.3) is 0 Å². The van der Waals surface area contributed by atoms with Gasteiger partial charge in [-0.3, -0.25) is 4.79 Å². The van der Waals surface area contributed by atoms with Crippen LogP contribution >= 0.6 is 15.9 Å². The number of nitrogens with two attached hydrogens (primary N) is 1. The van der Waals surface area contributed by atoms with Crippen LogP contribution in [0.15, 0.2) is 28.7 Å². The van der Waals surface area contributed by atoms with Crippen molar-refractivity contribution >= 4 is 21.9 Å². The molecule has 94 valence electrons. The van der Waals surface area contributed by atoms with Gasteiger partial charge < -0.3 is 10.5 Å². The van der Waals surface area contributed by atoms with Crippen molar-refractivity contribution in [2.75, 3.05) is 0 Å².